The second-order valence-electron chi connectivity index (χ2n) is 6.90. The Morgan fingerprint density at radius 1 is 1.11 bits per heavy atom. The summed E-state index contributed by atoms with van der Waals surface area (Å²) < 4.78 is 2.05. The van der Waals surface area contributed by atoms with Crippen LogP contribution in [0.25, 0.3) is 0 Å². The minimum absolute atomic E-state index is 0.764. The SMILES string of the molecule is CNCc1nnnn1CC1C2CC3CC(C2)CC1C3. The number of nitrogens with zero attached hydrogens (tertiary/aromatic N) is 4. The van der Waals surface area contributed by atoms with Crippen LogP contribution in [0.2, 0.25) is 0 Å². The first-order valence-corrected chi connectivity index (χ1v) is 7.73. The van der Waals surface area contributed by atoms with Gasteiger partial charge in [-0.25, -0.2) is 4.68 Å². The highest BCUT2D eigenvalue weighted by Crippen LogP contribution is 2.56. The van der Waals surface area contributed by atoms with Crippen LogP contribution in [0.4, 0.5) is 0 Å². The highest BCUT2D eigenvalue weighted by Gasteiger charge is 2.48. The average molecular weight is 261 g/mol. The Labute approximate surface area is 114 Å². The van der Waals surface area contributed by atoms with E-state index in [0.29, 0.717) is 0 Å². The number of rotatable bonds is 4. The summed E-state index contributed by atoms with van der Waals surface area (Å²) in [5.74, 6) is 5.79. The molecular formula is C14H23N5. The van der Waals surface area contributed by atoms with Crippen LogP contribution in [-0.4, -0.2) is 27.3 Å². The van der Waals surface area contributed by atoms with Gasteiger partial charge in [0, 0.05) is 6.54 Å². The molecule has 1 aromatic rings. The van der Waals surface area contributed by atoms with Crippen LogP contribution in [0.3, 0.4) is 0 Å². The maximum absolute atomic E-state index is 4.20. The summed E-state index contributed by atoms with van der Waals surface area (Å²) in [4.78, 5) is 0. The monoisotopic (exact) mass is 261 g/mol. The standard InChI is InChI=1S/C14H23N5/c1-15-7-14-16-17-18-19(14)8-13-11-3-9-2-10(5-11)6-12(13)4-9/h9-13,15H,2-8H2,1H3. The molecule has 19 heavy (non-hydrogen) atoms. The van der Waals surface area contributed by atoms with E-state index in [0.717, 1.165) is 48.5 Å². The zero-order chi connectivity index (χ0) is 12.8. The number of hydrogen-bond acceptors (Lipinski definition) is 4. The predicted molar refractivity (Wildman–Crippen MR) is 71.1 cm³/mol. The molecule has 4 aliphatic carbocycles. The van der Waals surface area contributed by atoms with Gasteiger partial charge < -0.3 is 5.32 Å². The van der Waals surface area contributed by atoms with Crippen LogP contribution in [0, 0.1) is 29.6 Å². The molecule has 0 amide bonds. The third kappa shape index (κ3) is 1.98. The lowest BCUT2D eigenvalue weighted by atomic mass is 9.52. The molecule has 0 radical (unpaired) electrons. The quantitative estimate of drug-likeness (QED) is 0.891. The van der Waals surface area contributed by atoms with Crippen molar-refractivity contribution < 1.29 is 0 Å². The summed E-state index contributed by atoms with van der Waals surface area (Å²) in [6, 6.07) is 0. The third-order valence-electron chi connectivity index (χ3n) is 5.75. The van der Waals surface area contributed by atoms with Crippen LogP contribution < -0.4 is 5.32 Å². The van der Waals surface area contributed by atoms with Gasteiger partial charge in [0.2, 0.25) is 0 Å². The number of tetrazole rings is 1. The maximum atomic E-state index is 4.20. The Balaban J connectivity index is 1.52. The number of nitrogens with one attached hydrogen (secondary N) is 1. The van der Waals surface area contributed by atoms with E-state index in [4.69, 9.17) is 0 Å². The van der Waals surface area contributed by atoms with E-state index in [1.807, 2.05) is 11.7 Å². The Bertz CT molecular complexity index is 426. The summed E-state index contributed by atoms with van der Waals surface area (Å²) in [6.45, 7) is 1.80. The number of hydrogen-bond donors (Lipinski definition) is 1. The van der Waals surface area contributed by atoms with Crippen molar-refractivity contribution in [3.05, 3.63) is 5.82 Å². The minimum atomic E-state index is 0.764. The van der Waals surface area contributed by atoms with E-state index in [1.165, 1.54) is 32.1 Å². The van der Waals surface area contributed by atoms with Crippen molar-refractivity contribution in [3.8, 4) is 0 Å². The first-order chi connectivity index (χ1) is 9.33. The fourth-order valence-electron chi connectivity index (χ4n) is 5.19. The normalized spacial score (nSPS) is 39.9. The zero-order valence-corrected chi connectivity index (χ0v) is 11.6. The summed E-state index contributed by atoms with van der Waals surface area (Å²) in [7, 11) is 1.95. The van der Waals surface area contributed by atoms with Crippen molar-refractivity contribution in [2.45, 2.75) is 45.2 Å². The topological polar surface area (TPSA) is 55.6 Å². The lowest BCUT2D eigenvalue weighted by Crippen LogP contribution is -2.46. The molecule has 1 N–H and O–H groups in total. The Morgan fingerprint density at radius 2 is 1.79 bits per heavy atom. The van der Waals surface area contributed by atoms with Crippen LogP contribution in [0.5, 0.6) is 0 Å². The second kappa shape index (κ2) is 4.54. The van der Waals surface area contributed by atoms with Crippen molar-refractivity contribution in [1.29, 1.82) is 0 Å². The highest BCUT2D eigenvalue weighted by atomic mass is 15.5. The molecule has 0 spiro atoms. The molecule has 0 aliphatic heterocycles. The van der Waals surface area contributed by atoms with Gasteiger partial charge in [0.05, 0.1) is 6.54 Å². The molecule has 1 heterocycles. The van der Waals surface area contributed by atoms with Crippen LogP contribution in [-0.2, 0) is 13.1 Å². The smallest absolute Gasteiger partial charge is 0.165 e. The summed E-state index contributed by atoms with van der Waals surface area (Å²) in [5, 5.41) is 15.3. The predicted octanol–water partition coefficient (Wildman–Crippen LogP) is 1.46. The lowest BCUT2D eigenvalue weighted by molar-refractivity contribution is -0.0447. The maximum Gasteiger partial charge on any atom is 0.165 e. The molecule has 4 aliphatic rings. The Kier molecular flexibility index (Phi) is 2.83. The lowest BCUT2D eigenvalue weighted by Gasteiger charge is -2.54. The fraction of sp³-hybridized carbons (Fsp3) is 0.929. The molecule has 0 atom stereocenters. The van der Waals surface area contributed by atoms with E-state index < -0.39 is 0 Å². The van der Waals surface area contributed by atoms with E-state index in [1.54, 1.807) is 0 Å². The van der Waals surface area contributed by atoms with E-state index in [-0.39, 0.29) is 0 Å². The fourth-order valence-corrected chi connectivity index (χ4v) is 5.19. The molecule has 4 bridgehead atoms. The Hall–Kier alpha value is -0.970. The summed E-state index contributed by atoms with van der Waals surface area (Å²) in [6.07, 6.45) is 7.42. The summed E-state index contributed by atoms with van der Waals surface area (Å²) >= 11 is 0. The molecular weight excluding hydrogens is 238 g/mol. The van der Waals surface area contributed by atoms with Gasteiger partial charge in [-0.15, -0.1) is 5.10 Å². The van der Waals surface area contributed by atoms with Gasteiger partial charge in [0.1, 0.15) is 0 Å². The molecule has 104 valence electrons. The summed E-state index contributed by atoms with van der Waals surface area (Å²) in [5.41, 5.74) is 0. The van der Waals surface area contributed by atoms with Gasteiger partial charge in [-0.1, -0.05) is 0 Å². The Morgan fingerprint density at radius 3 is 2.42 bits per heavy atom. The second-order valence-corrected chi connectivity index (χ2v) is 6.90. The molecule has 5 rings (SSSR count). The molecule has 5 nitrogen and oxygen atoms in total. The molecule has 4 saturated carbocycles. The molecule has 4 fully saturated rings. The highest BCUT2D eigenvalue weighted by molar-refractivity contribution is 4.98. The van der Waals surface area contributed by atoms with Crippen molar-refractivity contribution in [3.63, 3.8) is 0 Å². The molecule has 5 heteroatoms. The first kappa shape index (κ1) is 11.8. The molecule has 1 aromatic heterocycles. The van der Waals surface area contributed by atoms with Crippen LogP contribution in [0.1, 0.15) is 37.9 Å². The molecule has 0 unspecified atom stereocenters. The zero-order valence-electron chi connectivity index (χ0n) is 11.6. The van der Waals surface area contributed by atoms with Gasteiger partial charge >= 0.3 is 0 Å². The first-order valence-electron chi connectivity index (χ1n) is 7.73. The van der Waals surface area contributed by atoms with Crippen molar-refractivity contribution in [1.82, 2.24) is 25.5 Å². The van der Waals surface area contributed by atoms with Gasteiger partial charge in [-0.2, -0.15) is 0 Å². The van der Waals surface area contributed by atoms with Crippen molar-refractivity contribution in [2.24, 2.45) is 29.6 Å². The van der Waals surface area contributed by atoms with Crippen molar-refractivity contribution in [2.75, 3.05) is 7.05 Å². The largest absolute Gasteiger partial charge is 0.313 e. The van der Waals surface area contributed by atoms with Gasteiger partial charge in [-0.05, 0) is 79.2 Å². The van der Waals surface area contributed by atoms with Crippen molar-refractivity contribution >= 4 is 0 Å². The molecule has 0 saturated heterocycles. The molecule has 0 aromatic carbocycles. The third-order valence-corrected chi connectivity index (χ3v) is 5.75. The van der Waals surface area contributed by atoms with Crippen LogP contribution in [0.15, 0.2) is 0 Å². The van der Waals surface area contributed by atoms with E-state index in [2.05, 4.69) is 20.8 Å². The van der Waals surface area contributed by atoms with Gasteiger partial charge in [0.15, 0.2) is 5.82 Å². The van der Waals surface area contributed by atoms with Crippen LogP contribution >= 0.6 is 0 Å². The van der Waals surface area contributed by atoms with E-state index in [9.17, 15) is 0 Å². The van der Waals surface area contributed by atoms with Gasteiger partial charge in [0.25, 0.3) is 0 Å². The van der Waals surface area contributed by atoms with Gasteiger partial charge in [-0.3, -0.25) is 0 Å². The number of aromatic nitrogens is 4. The minimum Gasteiger partial charge on any atom is -0.313 e. The average Bonchev–Trinajstić information content (AvgIpc) is 2.81. The van der Waals surface area contributed by atoms with E-state index >= 15 is 0 Å².